The Kier molecular flexibility index (Phi) is 7.22. The van der Waals surface area contributed by atoms with Crippen molar-refractivity contribution >= 4 is 23.0 Å². The largest absolute Gasteiger partial charge is 0.497 e. The van der Waals surface area contributed by atoms with Crippen LogP contribution in [0.3, 0.4) is 0 Å². The molecule has 0 aliphatic rings. The predicted octanol–water partition coefficient (Wildman–Crippen LogP) is 2.32. The lowest BCUT2D eigenvalue weighted by Gasteiger charge is -2.19. The highest BCUT2D eigenvalue weighted by Crippen LogP contribution is 2.16. The summed E-state index contributed by atoms with van der Waals surface area (Å²) in [5.41, 5.74) is 0.930. The Morgan fingerprint density at radius 2 is 2.05 bits per heavy atom. The smallest absolute Gasteiger partial charge is 0.170 e. The van der Waals surface area contributed by atoms with Crippen LogP contribution in [0.5, 0.6) is 5.75 Å². The van der Waals surface area contributed by atoms with Crippen LogP contribution in [0.1, 0.15) is 13.8 Å². The molecule has 0 amide bonds. The summed E-state index contributed by atoms with van der Waals surface area (Å²) in [6.45, 7) is 8.29. The van der Waals surface area contributed by atoms with E-state index in [-0.39, 0.29) is 0 Å². The summed E-state index contributed by atoms with van der Waals surface area (Å²) < 4.78 is 5.17. The number of nitrogens with one attached hydrogen (secondary N) is 2. The number of benzene rings is 1. The lowest BCUT2D eigenvalue weighted by Crippen LogP contribution is -2.36. The highest BCUT2D eigenvalue weighted by molar-refractivity contribution is 7.80. The van der Waals surface area contributed by atoms with Crippen molar-refractivity contribution in [3.8, 4) is 5.75 Å². The van der Waals surface area contributed by atoms with Crippen molar-refractivity contribution in [2.45, 2.75) is 13.8 Å². The van der Waals surface area contributed by atoms with E-state index in [1.807, 2.05) is 24.3 Å². The molecule has 0 bridgehead atoms. The third-order valence-corrected chi connectivity index (χ3v) is 3.18. The summed E-state index contributed by atoms with van der Waals surface area (Å²) in [6.07, 6.45) is 0. The fourth-order valence-corrected chi connectivity index (χ4v) is 1.96. The molecule has 0 aliphatic carbocycles. The summed E-state index contributed by atoms with van der Waals surface area (Å²) in [5, 5.41) is 6.99. The molecule has 0 saturated carbocycles. The van der Waals surface area contributed by atoms with Crippen LogP contribution in [-0.2, 0) is 0 Å². The summed E-state index contributed by atoms with van der Waals surface area (Å²) in [6, 6.07) is 7.71. The summed E-state index contributed by atoms with van der Waals surface area (Å²) in [7, 11) is 1.65. The van der Waals surface area contributed by atoms with Gasteiger partial charge in [0.05, 0.1) is 7.11 Å². The van der Waals surface area contributed by atoms with E-state index in [0.29, 0.717) is 5.11 Å². The predicted molar refractivity (Wildman–Crippen MR) is 85.0 cm³/mol. The lowest BCUT2D eigenvalue weighted by atomic mass is 10.3. The highest BCUT2D eigenvalue weighted by atomic mass is 32.1. The third-order valence-electron chi connectivity index (χ3n) is 2.94. The van der Waals surface area contributed by atoms with Crippen molar-refractivity contribution in [2.24, 2.45) is 0 Å². The zero-order valence-electron chi connectivity index (χ0n) is 11.9. The van der Waals surface area contributed by atoms with E-state index in [9.17, 15) is 0 Å². The van der Waals surface area contributed by atoms with Gasteiger partial charge in [0, 0.05) is 24.8 Å². The molecule has 0 atom stereocenters. The van der Waals surface area contributed by atoms with Crippen molar-refractivity contribution in [3.05, 3.63) is 24.3 Å². The van der Waals surface area contributed by atoms with Crippen LogP contribution >= 0.6 is 12.2 Å². The molecule has 5 heteroatoms. The fraction of sp³-hybridized carbons (Fsp3) is 0.500. The van der Waals surface area contributed by atoms with Crippen LogP contribution in [0.2, 0.25) is 0 Å². The number of methoxy groups -OCH3 is 1. The van der Waals surface area contributed by atoms with Gasteiger partial charge in [-0.05, 0) is 37.4 Å². The van der Waals surface area contributed by atoms with E-state index in [2.05, 4.69) is 29.4 Å². The third kappa shape index (κ3) is 5.89. The average Bonchev–Trinajstić information content (AvgIpc) is 2.44. The minimum Gasteiger partial charge on any atom is -0.497 e. The van der Waals surface area contributed by atoms with Crippen LogP contribution in [0.15, 0.2) is 24.3 Å². The number of anilines is 1. The number of rotatable bonds is 7. The van der Waals surface area contributed by atoms with Gasteiger partial charge in [0.2, 0.25) is 0 Å². The molecule has 1 aromatic rings. The quantitative estimate of drug-likeness (QED) is 0.750. The summed E-state index contributed by atoms with van der Waals surface area (Å²) in [4.78, 5) is 2.35. The summed E-state index contributed by atoms with van der Waals surface area (Å²) in [5.74, 6) is 0.816. The van der Waals surface area contributed by atoms with Crippen LogP contribution in [0.4, 0.5) is 5.69 Å². The number of ether oxygens (including phenoxy) is 1. The van der Waals surface area contributed by atoms with Gasteiger partial charge in [-0.3, -0.25) is 0 Å². The molecular weight excluding hydrogens is 258 g/mol. The first-order chi connectivity index (χ1) is 9.19. The SMILES string of the molecule is CCN(CC)CCNC(=S)Nc1cccc(OC)c1. The Morgan fingerprint density at radius 1 is 1.32 bits per heavy atom. The van der Waals surface area contributed by atoms with Crippen molar-refractivity contribution in [2.75, 3.05) is 38.6 Å². The first-order valence-electron chi connectivity index (χ1n) is 6.60. The molecule has 106 valence electrons. The van der Waals surface area contributed by atoms with Gasteiger partial charge < -0.3 is 20.3 Å². The Labute approximate surface area is 121 Å². The van der Waals surface area contributed by atoms with Gasteiger partial charge in [0.25, 0.3) is 0 Å². The van der Waals surface area contributed by atoms with Crippen LogP contribution < -0.4 is 15.4 Å². The molecule has 0 aromatic heterocycles. The summed E-state index contributed by atoms with van der Waals surface area (Å²) >= 11 is 5.26. The zero-order valence-corrected chi connectivity index (χ0v) is 12.7. The Bertz CT molecular complexity index is 394. The number of hydrogen-bond donors (Lipinski definition) is 2. The Morgan fingerprint density at radius 3 is 2.68 bits per heavy atom. The first-order valence-corrected chi connectivity index (χ1v) is 7.01. The molecule has 4 nitrogen and oxygen atoms in total. The first kappa shape index (κ1) is 15.7. The van der Waals surface area contributed by atoms with Gasteiger partial charge in [-0.25, -0.2) is 0 Å². The van der Waals surface area contributed by atoms with Crippen LogP contribution in [0.25, 0.3) is 0 Å². The van der Waals surface area contributed by atoms with Gasteiger partial charge in [-0.1, -0.05) is 19.9 Å². The lowest BCUT2D eigenvalue weighted by molar-refractivity contribution is 0.308. The Balaban J connectivity index is 2.34. The van der Waals surface area contributed by atoms with E-state index >= 15 is 0 Å². The maximum absolute atomic E-state index is 5.26. The zero-order chi connectivity index (χ0) is 14.1. The van der Waals surface area contributed by atoms with Gasteiger partial charge >= 0.3 is 0 Å². The molecule has 0 radical (unpaired) electrons. The second kappa shape index (κ2) is 8.72. The second-order valence-corrected chi connectivity index (χ2v) is 4.55. The van der Waals surface area contributed by atoms with E-state index < -0.39 is 0 Å². The molecule has 0 heterocycles. The fourth-order valence-electron chi connectivity index (χ4n) is 1.74. The van der Waals surface area contributed by atoms with Crippen LogP contribution in [0, 0.1) is 0 Å². The molecule has 1 rings (SSSR count). The molecule has 0 fully saturated rings. The molecule has 1 aromatic carbocycles. The minimum atomic E-state index is 0.639. The monoisotopic (exact) mass is 281 g/mol. The van der Waals surface area contributed by atoms with Crippen molar-refractivity contribution in [3.63, 3.8) is 0 Å². The molecule has 19 heavy (non-hydrogen) atoms. The van der Waals surface area contributed by atoms with Gasteiger partial charge in [0.15, 0.2) is 5.11 Å². The standard InChI is InChI=1S/C14H23N3OS/c1-4-17(5-2)10-9-15-14(19)16-12-7-6-8-13(11-12)18-3/h6-8,11H,4-5,9-10H2,1-3H3,(H2,15,16,19). The Hall–Kier alpha value is -1.33. The molecule has 2 N–H and O–H groups in total. The second-order valence-electron chi connectivity index (χ2n) is 4.14. The maximum atomic E-state index is 5.26. The molecule has 0 aliphatic heterocycles. The van der Waals surface area contributed by atoms with Crippen molar-refractivity contribution in [1.82, 2.24) is 10.2 Å². The van der Waals surface area contributed by atoms with E-state index in [1.54, 1.807) is 7.11 Å². The maximum Gasteiger partial charge on any atom is 0.170 e. The topological polar surface area (TPSA) is 36.5 Å². The number of hydrogen-bond acceptors (Lipinski definition) is 3. The highest BCUT2D eigenvalue weighted by Gasteiger charge is 2.01. The van der Waals surface area contributed by atoms with Gasteiger partial charge in [-0.2, -0.15) is 0 Å². The van der Waals surface area contributed by atoms with E-state index in [4.69, 9.17) is 17.0 Å². The van der Waals surface area contributed by atoms with Crippen LogP contribution in [-0.4, -0.2) is 43.3 Å². The van der Waals surface area contributed by atoms with E-state index in [0.717, 1.165) is 37.6 Å². The average molecular weight is 281 g/mol. The molecule has 0 saturated heterocycles. The van der Waals surface area contributed by atoms with Gasteiger partial charge in [0.1, 0.15) is 5.75 Å². The minimum absolute atomic E-state index is 0.639. The van der Waals surface area contributed by atoms with Crippen molar-refractivity contribution < 1.29 is 4.74 Å². The van der Waals surface area contributed by atoms with E-state index in [1.165, 1.54) is 0 Å². The normalized spacial score (nSPS) is 10.3. The number of thiocarbonyl (C=S) groups is 1. The van der Waals surface area contributed by atoms with Gasteiger partial charge in [-0.15, -0.1) is 0 Å². The number of likely N-dealkylation sites (N-methyl/N-ethyl adjacent to an activating group) is 1. The molecule has 0 unspecified atom stereocenters. The number of nitrogens with zero attached hydrogens (tertiary/aromatic N) is 1. The molecular formula is C14H23N3OS. The molecule has 0 spiro atoms. The van der Waals surface area contributed by atoms with Crippen molar-refractivity contribution in [1.29, 1.82) is 0 Å².